The average molecular weight is 315 g/mol. The summed E-state index contributed by atoms with van der Waals surface area (Å²) in [7, 11) is 0. The monoisotopic (exact) mass is 315 g/mol. The van der Waals surface area contributed by atoms with Gasteiger partial charge in [-0.25, -0.2) is 4.98 Å². The quantitative estimate of drug-likeness (QED) is 0.787. The molecular weight excluding hydrogens is 290 g/mol. The highest BCUT2D eigenvalue weighted by Gasteiger charge is 2.13. The lowest BCUT2D eigenvalue weighted by Crippen LogP contribution is -2.30. The average Bonchev–Trinajstić information content (AvgIpc) is 3.06. The summed E-state index contributed by atoms with van der Waals surface area (Å²) in [4.78, 5) is 16.3. The molecule has 0 spiro atoms. The van der Waals surface area contributed by atoms with Crippen LogP contribution in [0.15, 0.2) is 43.0 Å². The van der Waals surface area contributed by atoms with Crippen LogP contribution in [0.2, 0.25) is 0 Å². The van der Waals surface area contributed by atoms with E-state index >= 15 is 0 Å². The second kappa shape index (κ2) is 8.48. The van der Waals surface area contributed by atoms with Gasteiger partial charge in [0.05, 0.1) is 6.33 Å². The van der Waals surface area contributed by atoms with E-state index in [-0.39, 0.29) is 12.5 Å². The standard InChI is InChI=1S/C18H25N3O2/c1-14(2)11-15(7-10-22)12-20-18(23)16-3-5-17(6-4-16)21-9-8-19-13-21/h3-6,8-9,13-15,22H,7,10-12H2,1-2H3,(H,20,23). The maximum Gasteiger partial charge on any atom is 0.251 e. The molecule has 5 nitrogen and oxygen atoms in total. The van der Waals surface area contributed by atoms with E-state index in [1.165, 1.54) is 0 Å². The molecule has 0 aliphatic heterocycles. The van der Waals surface area contributed by atoms with Gasteiger partial charge in [-0.1, -0.05) is 13.8 Å². The van der Waals surface area contributed by atoms with Crippen molar-refractivity contribution in [3.05, 3.63) is 48.5 Å². The Bertz CT molecular complexity index is 591. The van der Waals surface area contributed by atoms with Gasteiger partial charge >= 0.3 is 0 Å². The van der Waals surface area contributed by atoms with Gasteiger partial charge in [0.15, 0.2) is 0 Å². The number of hydrogen-bond acceptors (Lipinski definition) is 3. The Morgan fingerprint density at radius 1 is 1.30 bits per heavy atom. The predicted molar refractivity (Wildman–Crippen MR) is 90.5 cm³/mol. The minimum absolute atomic E-state index is 0.0751. The summed E-state index contributed by atoms with van der Waals surface area (Å²) in [6.07, 6.45) is 7.02. The molecule has 0 aliphatic rings. The molecule has 0 aliphatic carbocycles. The van der Waals surface area contributed by atoms with Crippen LogP contribution in [0.3, 0.4) is 0 Å². The fraction of sp³-hybridized carbons (Fsp3) is 0.444. The van der Waals surface area contributed by atoms with Gasteiger partial charge in [-0.3, -0.25) is 4.79 Å². The van der Waals surface area contributed by atoms with Crippen LogP contribution in [0.5, 0.6) is 0 Å². The fourth-order valence-corrected chi connectivity index (χ4v) is 2.69. The summed E-state index contributed by atoms with van der Waals surface area (Å²) in [5.74, 6) is 0.793. The molecule has 1 unspecified atom stereocenters. The zero-order valence-electron chi connectivity index (χ0n) is 13.8. The molecular formula is C18H25N3O2. The first kappa shape index (κ1) is 17.2. The van der Waals surface area contributed by atoms with E-state index in [0.29, 0.717) is 23.9 Å². The highest BCUT2D eigenvalue weighted by molar-refractivity contribution is 5.94. The molecule has 0 saturated heterocycles. The third-order valence-corrected chi connectivity index (χ3v) is 3.83. The third-order valence-electron chi connectivity index (χ3n) is 3.83. The number of aliphatic hydroxyl groups excluding tert-OH is 1. The SMILES string of the molecule is CC(C)CC(CCO)CNC(=O)c1ccc(-n2ccnc2)cc1. The molecule has 0 bridgehead atoms. The van der Waals surface area contributed by atoms with Gasteiger partial charge in [0, 0.05) is 36.8 Å². The second-order valence-corrected chi connectivity index (χ2v) is 6.23. The highest BCUT2D eigenvalue weighted by atomic mass is 16.3. The molecule has 2 aromatic rings. The summed E-state index contributed by atoms with van der Waals surface area (Å²) in [5, 5.41) is 12.1. The topological polar surface area (TPSA) is 67.2 Å². The number of hydrogen-bond donors (Lipinski definition) is 2. The van der Waals surface area contributed by atoms with Crippen LogP contribution in [-0.2, 0) is 0 Å². The number of amides is 1. The first-order valence-electron chi connectivity index (χ1n) is 8.07. The first-order valence-corrected chi connectivity index (χ1v) is 8.07. The van der Waals surface area contributed by atoms with Crippen molar-refractivity contribution >= 4 is 5.91 Å². The van der Waals surface area contributed by atoms with E-state index in [9.17, 15) is 4.79 Å². The first-order chi connectivity index (χ1) is 11.1. The summed E-state index contributed by atoms with van der Waals surface area (Å²) < 4.78 is 1.89. The number of carbonyl (C=O) groups is 1. The molecule has 1 aromatic heterocycles. The molecule has 2 N–H and O–H groups in total. The van der Waals surface area contributed by atoms with E-state index in [0.717, 1.165) is 18.5 Å². The van der Waals surface area contributed by atoms with E-state index in [1.54, 1.807) is 12.5 Å². The number of imidazole rings is 1. The van der Waals surface area contributed by atoms with Gasteiger partial charge < -0.3 is 15.0 Å². The van der Waals surface area contributed by atoms with Crippen molar-refractivity contribution in [2.45, 2.75) is 26.7 Å². The second-order valence-electron chi connectivity index (χ2n) is 6.23. The van der Waals surface area contributed by atoms with Crippen molar-refractivity contribution in [2.75, 3.05) is 13.2 Å². The number of nitrogens with zero attached hydrogens (tertiary/aromatic N) is 2. The zero-order chi connectivity index (χ0) is 16.7. The van der Waals surface area contributed by atoms with Crippen LogP contribution in [0.25, 0.3) is 5.69 Å². The molecule has 124 valence electrons. The van der Waals surface area contributed by atoms with Crippen LogP contribution >= 0.6 is 0 Å². The molecule has 5 heteroatoms. The van der Waals surface area contributed by atoms with Crippen LogP contribution in [0, 0.1) is 11.8 Å². The number of rotatable bonds is 8. The Balaban J connectivity index is 1.92. The molecule has 0 radical (unpaired) electrons. The molecule has 1 aromatic carbocycles. The van der Waals surface area contributed by atoms with Gasteiger partial charge in [-0.05, 0) is 48.9 Å². The summed E-state index contributed by atoms with van der Waals surface area (Å²) >= 11 is 0. The van der Waals surface area contributed by atoms with Crippen LogP contribution in [0.1, 0.15) is 37.0 Å². The van der Waals surface area contributed by atoms with Gasteiger partial charge in [0.1, 0.15) is 0 Å². The molecule has 2 rings (SSSR count). The summed E-state index contributed by atoms with van der Waals surface area (Å²) in [6, 6.07) is 7.42. The van der Waals surface area contributed by atoms with Crippen LogP contribution in [-0.4, -0.2) is 33.7 Å². The summed E-state index contributed by atoms with van der Waals surface area (Å²) in [6.45, 7) is 5.07. The van der Waals surface area contributed by atoms with Crippen molar-refractivity contribution in [3.8, 4) is 5.69 Å². The largest absolute Gasteiger partial charge is 0.396 e. The van der Waals surface area contributed by atoms with Gasteiger partial charge in [-0.15, -0.1) is 0 Å². The van der Waals surface area contributed by atoms with Crippen LogP contribution < -0.4 is 5.32 Å². The van der Waals surface area contributed by atoms with Gasteiger partial charge in [0.2, 0.25) is 0 Å². The lowest BCUT2D eigenvalue weighted by Gasteiger charge is -2.18. The Morgan fingerprint density at radius 3 is 2.61 bits per heavy atom. The Morgan fingerprint density at radius 2 is 2.04 bits per heavy atom. The molecule has 1 atom stereocenters. The summed E-state index contributed by atoms with van der Waals surface area (Å²) in [5.41, 5.74) is 1.61. The maximum atomic E-state index is 12.2. The van der Waals surface area contributed by atoms with Gasteiger partial charge in [0.25, 0.3) is 5.91 Å². The van der Waals surface area contributed by atoms with E-state index < -0.39 is 0 Å². The number of benzene rings is 1. The van der Waals surface area contributed by atoms with E-state index in [4.69, 9.17) is 5.11 Å². The maximum absolute atomic E-state index is 12.2. The lowest BCUT2D eigenvalue weighted by molar-refractivity contribution is 0.0941. The Labute approximate surface area is 137 Å². The Hall–Kier alpha value is -2.14. The van der Waals surface area contributed by atoms with Crippen molar-refractivity contribution in [1.82, 2.24) is 14.9 Å². The number of nitrogens with one attached hydrogen (secondary N) is 1. The molecule has 1 amide bonds. The highest BCUT2D eigenvalue weighted by Crippen LogP contribution is 2.15. The number of aromatic nitrogens is 2. The minimum atomic E-state index is -0.0751. The number of aliphatic hydroxyl groups is 1. The zero-order valence-corrected chi connectivity index (χ0v) is 13.8. The van der Waals surface area contributed by atoms with Crippen molar-refractivity contribution < 1.29 is 9.90 Å². The van der Waals surface area contributed by atoms with Gasteiger partial charge in [-0.2, -0.15) is 0 Å². The molecule has 0 fully saturated rings. The lowest BCUT2D eigenvalue weighted by atomic mass is 9.94. The molecule has 0 saturated carbocycles. The predicted octanol–water partition coefficient (Wildman–Crippen LogP) is 2.65. The molecule has 1 heterocycles. The molecule has 23 heavy (non-hydrogen) atoms. The smallest absolute Gasteiger partial charge is 0.251 e. The van der Waals surface area contributed by atoms with E-state index in [2.05, 4.69) is 24.1 Å². The Kier molecular flexibility index (Phi) is 6.35. The van der Waals surface area contributed by atoms with Crippen LogP contribution in [0.4, 0.5) is 0 Å². The van der Waals surface area contributed by atoms with Crippen molar-refractivity contribution in [2.24, 2.45) is 11.8 Å². The minimum Gasteiger partial charge on any atom is -0.396 e. The third kappa shape index (κ3) is 5.21. The number of carbonyl (C=O) groups excluding carboxylic acids is 1. The van der Waals surface area contributed by atoms with E-state index in [1.807, 2.05) is 35.0 Å². The normalized spacial score (nSPS) is 12.3. The fourth-order valence-electron chi connectivity index (χ4n) is 2.69. The van der Waals surface area contributed by atoms with Crippen molar-refractivity contribution in [3.63, 3.8) is 0 Å². The van der Waals surface area contributed by atoms with Crippen molar-refractivity contribution in [1.29, 1.82) is 0 Å².